The van der Waals surface area contributed by atoms with Crippen LogP contribution in [-0.4, -0.2) is 34.2 Å². The van der Waals surface area contributed by atoms with Crippen LogP contribution >= 0.6 is 0 Å². The largest absolute Gasteiger partial charge is 0.396 e. The molecule has 0 unspecified atom stereocenters. The number of rotatable bonds is 10. The molecule has 1 amide bonds. The number of nitro benzene ring substituents is 1. The van der Waals surface area contributed by atoms with Crippen molar-refractivity contribution < 1.29 is 19.9 Å². The van der Waals surface area contributed by atoms with Gasteiger partial charge in [0.05, 0.1) is 10.6 Å². The minimum Gasteiger partial charge on any atom is -0.396 e. The molecule has 31 heavy (non-hydrogen) atoms. The Labute approximate surface area is 183 Å². The standard InChI is InChI=1S/C24H32N2O5/c1-17(2)8-7-9-18(3)13-14-25-22-12-11-20(26(30)31)16-21(22)24(29,23(25)28)19(4)10-5-6-15-27/h5,8,10-13,16,19,27,29H,6-7,9,14-15H2,1-4H3/b10-5+,18-13+/t19-,24+/m0/s1. The Kier molecular flexibility index (Phi) is 8.30. The van der Waals surface area contributed by atoms with E-state index in [1.165, 1.54) is 28.7 Å². The van der Waals surface area contributed by atoms with E-state index >= 15 is 0 Å². The van der Waals surface area contributed by atoms with Crippen molar-refractivity contribution in [2.75, 3.05) is 18.1 Å². The van der Waals surface area contributed by atoms with E-state index in [0.717, 1.165) is 18.4 Å². The zero-order valence-corrected chi connectivity index (χ0v) is 18.7. The molecule has 0 radical (unpaired) electrons. The van der Waals surface area contributed by atoms with Crippen LogP contribution < -0.4 is 4.90 Å². The summed E-state index contributed by atoms with van der Waals surface area (Å²) < 4.78 is 0. The van der Waals surface area contributed by atoms with E-state index in [9.17, 15) is 20.0 Å². The summed E-state index contributed by atoms with van der Waals surface area (Å²) in [7, 11) is 0. The number of nitrogens with zero attached hydrogens (tertiary/aromatic N) is 2. The Balaban J connectivity index is 2.39. The number of carbonyl (C=O) groups is 1. The molecule has 0 bridgehead atoms. The number of hydrogen-bond acceptors (Lipinski definition) is 5. The highest BCUT2D eigenvalue weighted by atomic mass is 16.6. The predicted octanol–water partition coefficient (Wildman–Crippen LogP) is 4.40. The van der Waals surface area contributed by atoms with Gasteiger partial charge < -0.3 is 15.1 Å². The molecular formula is C24H32N2O5. The Bertz CT molecular complexity index is 915. The lowest BCUT2D eigenvalue weighted by atomic mass is 9.82. The number of nitro groups is 1. The Morgan fingerprint density at radius 2 is 1.97 bits per heavy atom. The summed E-state index contributed by atoms with van der Waals surface area (Å²) in [6.45, 7) is 8.03. The zero-order chi connectivity index (χ0) is 23.2. The fourth-order valence-electron chi connectivity index (χ4n) is 3.68. The maximum Gasteiger partial charge on any atom is 0.269 e. The smallest absolute Gasteiger partial charge is 0.269 e. The van der Waals surface area contributed by atoms with E-state index < -0.39 is 22.3 Å². The molecule has 7 heteroatoms. The van der Waals surface area contributed by atoms with Gasteiger partial charge in [0, 0.05) is 36.8 Å². The lowest BCUT2D eigenvalue weighted by Crippen LogP contribution is -2.44. The van der Waals surface area contributed by atoms with Crippen LogP contribution in [0.3, 0.4) is 0 Å². The number of amides is 1. The molecule has 0 fully saturated rings. The summed E-state index contributed by atoms with van der Waals surface area (Å²) in [6, 6.07) is 4.16. The highest BCUT2D eigenvalue weighted by Crippen LogP contribution is 2.46. The van der Waals surface area contributed by atoms with Gasteiger partial charge in [0.25, 0.3) is 11.6 Å². The summed E-state index contributed by atoms with van der Waals surface area (Å²) in [6.07, 6.45) is 9.66. The first-order chi connectivity index (χ1) is 14.6. The fraction of sp³-hybridized carbons (Fsp3) is 0.458. The number of aliphatic hydroxyl groups is 2. The molecule has 1 aromatic rings. The minimum absolute atomic E-state index is 0.0411. The van der Waals surface area contributed by atoms with E-state index in [2.05, 4.69) is 19.9 Å². The van der Waals surface area contributed by atoms with Gasteiger partial charge in [-0.2, -0.15) is 0 Å². The first kappa shape index (κ1) is 24.5. The SMILES string of the molecule is CC(C)=CCC/C(C)=C/CN1C(=O)[C@@](O)([C@@H](C)/C=C/CCO)c2cc([N+](=O)[O-])ccc21. The molecule has 2 atom stereocenters. The van der Waals surface area contributed by atoms with Gasteiger partial charge in [0.2, 0.25) is 0 Å². The summed E-state index contributed by atoms with van der Waals surface area (Å²) >= 11 is 0. The molecule has 0 saturated heterocycles. The number of non-ortho nitro benzene ring substituents is 1. The van der Waals surface area contributed by atoms with E-state index in [-0.39, 0.29) is 24.4 Å². The number of benzene rings is 1. The summed E-state index contributed by atoms with van der Waals surface area (Å²) in [4.78, 5) is 25.6. The van der Waals surface area contributed by atoms with Gasteiger partial charge >= 0.3 is 0 Å². The highest BCUT2D eigenvalue weighted by Gasteiger charge is 2.52. The van der Waals surface area contributed by atoms with Crippen LogP contribution in [0, 0.1) is 16.0 Å². The molecule has 2 rings (SSSR count). The van der Waals surface area contributed by atoms with Crippen LogP contribution in [0.2, 0.25) is 0 Å². The third-order valence-electron chi connectivity index (χ3n) is 5.56. The van der Waals surface area contributed by atoms with Crippen LogP contribution in [0.1, 0.15) is 52.5 Å². The molecule has 0 saturated carbocycles. The van der Waals surface area contributed by atoms with E-state index in [0.29, 0.717) is 12.1 Å². The molecule has 2 N–H and O–H groups in total. The number of carbonyl (C=O) groups excluding carboxylic acids is 1. The molecule has 168 valence electrons. The molecule has 0 spiro atoms. The monoisotopic (exact) mass is 428 g/mol. The summed E-state index contributed by atoms with van der Waals surface area (Å²) in [5, 5.41) is 31.8. The van der Waals surface area contributed by atoms with E-state index in [1.54, 1.807) is 19.1 Å². The van der Waals surface area contributed by atoms with E-state index in [1.807, 2.05) is 13.0 Å². The van der Waals surface area contributed by atoms with Crippen LogP contribution in [0.5, 0.6) is 0 Å². The van der Waals surface area contributed by atoms with Crippen LogP contribution in [-0.2, 0) is 10.4 Å². The van der Waals surface area contributed by atoms with Crippen molar-refractivity contribution in [3.8, 4) is 0 Å². The number of fused-ring (bicyclic) bond motifs is 1. The van der Waals surface area contributed by atoms with Crippen molar-refractivity contribution in [1.29, 1.82) is 0 Å². The first-order valence-electron chi connectivity index (χ1n) is 10.5. The normalized spacial score (nSPS) is 19.6. The van der Waals surface area contributed by atoms with Crippen molar-refractivity contribution in [3.05, 3.63) is 69.3 Å². The van der Waals surface area contributed by atoms with Gasteiger partial charge in [0.1, 0.15) is 0 Å². The molecule has 1 aliphatic heterocycles. The van der Waals surface area contributed by atoms with Gasteiger partial charge in [-0.1, -0.05) is 42.4 Å². The second-order valence-electron chi connectivity index (χ2n) is 8.24. The van der Waals surface area contributed by atoms with Crippen LogP contribution in [0.4, 0.5) is 11.4 Å². The maximum absolute atomic E-state index is 13.3. The molecule has 7 nitrogen and oxygen atoms in total. The second kappa shape index (κ2) is 10.5. The van der Waals surface area contributed by atoms with Gasteiger partial charge in [-0.25, -0.2) is 0 Å². The zero-order valence-electron chi connectivity index (χ0n) is 18.7. The Morgan fingerprint density at radius 3 is 2.58 bits per heavy atom. The van der Waals surface area contributed by atoms with Gasteiger partial charge in [-0.3, -0.25) is 14.9 Å². The average Bonchev–Trinajstić information content (AvgIpc) is 2.93. The third kappa shape index (κ3) is 5.48. The quantitative estimate of drug-likeness (QED) is 0.327. The highest BCUT2D eigenvalue weighted by molar-refractivity contribution is 6.07. The number of aliphatic hydroxyl groups excluding tert-OH is 1. The van der Waals surface area contributed by atoms with Crippen LogP contribution in [0.25, 0.3) is 0 Å². The molecular weight excluding hydrogens is 396 g/mol. The Morgan fingerprint density at radius 1 is 1.26 bits per heavy atom. The topological polar surface area (TPSA) is 104 Å². The minimum atomic E-state index is -1.91. The molecule has 0 aromatic heterocycles. The molecule has 1 aromatic carbocycles. The predicted molar refractivity (Wildman–Crippen MR) is 122 cm³/mol. The van der Waals surface area contributed by atoms with Gasteiger partial charge in [-0.15, -0.1) is 0 Å². The molecule has 1 aliphatic rings. The van der Waals surface area contributed by atoms with E-state index in [4.69, 9.17) is 5.11 Å². The maximum atomic E-state index is 13.3. The first-order valence-corrected chi connectivity index (χ1v) is 10.5. The molecule has 0 aliphatic carbocycles. The van der Waals surface area contributed by atoms with Crippen molar-refractivity contribution in [2.45, 2.75) is 52.6 Å². The lowest BCUT2D eigenvalue weighted by molar-refractivity contribution is -0.385. The lowest BCUT2D eigenvalue weighted by Gasteiger charge is -2.27. The number of allylic oxidation sites excluding steroid dienone is 3. The number of anilines is 1. The van der Waals surface area contributed by atoms with Crippen molar-refractivity contribution >= 4 is 17.3 Å². The number of hydrogen-bond donors (Lipinski definition) is 2. The molecule has 1 heterocycles. The third-order valence-corrected chi connectivity index (χ3v) is 5.56. The summed E-state index contributed by atoms with van der Waals surface area (Å²) in [5.41, 5.74) is 1.02. The van der Waals surface area contributed by atoms with Crippen molar-refractivity contribution in [1.82, 2.24) is 0 Å². The second-order valence-corrected chi connectivity index (χ2v) is 8.24. The summed E-state index contributed by atoms with van der Waals surface area (Å²) in [5.74, 6) is -1.13. The van der Waals surface area contributed by atoms with Gasteiger partial charge in [0.15, 0.2) is 5.60 Å². The average molecular weight is 429 g/mol. The van der Waals surface area contributed by atoms with Crippen molar-refractivity contribution in [3.63, 3.8) is 0 Å². The Hall–Kier alpha value is -2.77. The van der Waals surface area contributed by atoms with Gasteiger partial charge in [-0.05, 0) is 46.1 Å². The fourth-order valence-corrected chi connectivity index (χ4v) is 3.68. The van der Waals surface area contributed by atoms with Crippen molar-refractivity contribution in [2.24, 2.45) is 5.92 Å². The van der Waals surface area contributed by atoms with Crippen LogP contribution in [0.15, 0.2) is 53.6 Å².